The lowest BCUT2D eigenvalue weighted by atomic mass is 10.1. The molecule has 5 nitrogen and oxygen atoms in total. The minimum absolute atomic E-state index is 0.172. The third-order valence-electron chi connectivity index (χ3n) is 2.49. The molecular weight excluding hydrogens is 222 g/mol. The van der Waals surface area contributed by atoms with Crippen molar-refractivity contribution >= 4 is 11.9 Å². The number of carbonyl (C=O) groups is 2. The van der Waals surface area contributed by atoms with Crippen LogP contribution in [-0.4, -0.2) is 49.7 Å². The molecule has 0 fully saturated rings. The summed E-state index contributed by atoms with van der Waals surface area (Å²) < 4.78 is 9.56. The Bertz CT molecular complexity index is 253. The van der Waals surface area contributed by atoms with Gasteiger partial charge in [-0.05, 0) is 20.8 Å². The molecule has 0 aromatic rings. The second-order valence-electron chi connectivity index (χ2n) is 4.25. The smallest absolute Gasteiger partial charge is 0.319 e. The fourth-order valence-electron chi connectivity index (χ4n) is 1.40. The van der Waals surface area contributed by atoms with Gasteiger partial charge in [-0.2, -0.15) is 0 Å². The van der Waals surface area contributed by atoms with Crippen LogP contribution in [0.15, 0.2) is 0 Å². The molecule has 0 saturated carbocycles. The first-order chi connectivity index (χ1) is 7.92. The highest BCUT2D eigenvalue weighted by molar-refractivity contribution is 5.73. The molecule has 0 heterocycles. The highest BCUT2D eigenvalue weighted by Crippen LogP contribution is 2.07. The van der Waals surface area contributed by atoms with E-state index in [0.717, 1.165) is 0 Å². The quantitative estimate of drug-likeness (QED) is 0.628. The van der Waals surface area contributed by atoms with Crippen LogP contribution in [0.25, 0.3) is 0 Å². The number of hydrogen-bond donors (Lipinski definition) is 0. The molecule has 0 rings (SSSR count). The number of rotatable bonds is 7. The Hall–Kier alpha value is -1.10. The van der Waals surface area contributed by atoms with Gasteiger partial charge in [-0.1, -0.05) is 6.92 Å². The molecule has 1 atom stereocenters. The molecule has 0 saturated heterocycles. The van der Waals surface area contributed by atoms with Crippen LogP contribution in [-0.2, 0) is 19.1 Å². The number of carbonyl (C=O) groups excluding carboxylic acids is 2. The molecule has 0 amide bonds. The summed E-state index contributed by atoms with van der Waals surface area (Å²) in [5.41, 5.74) is 0. The molecule has 0 aromatic heterocycles. The number of hydrogen-bond acceptors (Lipinski definition) is 5. The van der Waals surface area contributed by atoms with Crippen molar-refractivity contribution in [2.24, 2.45) is 5.92 Å². The zero-order valence-electron chi connectivity index (χ0n) is 11.4. The second-order valence-corrected chi connectivity index (χ2v) is 4.25. The zero-order chi connectivity index (χ0) is 13.4. The van der Waals surface area contributed by atoms with Gasteiger partial charge < -0.3 is 9.47 Å². The van der Waals surface area contributed by atoms with Crippen molar-refractivity contribution < 1.29 is 19.1 Å². The van der Waals surface area contributed by atoms with E-state index in [4.69, 9.17) is 4.74 Å². The van der Waals surface area contributed by atoms with Gasteiger partial charge in [-0.25, -0.2) is 0 Å². The number of ether oxygens (including phenoxy) is 2. The predicted molar refractivity (Wildman–Crippen MR) is 64.5 cm³/mol. The summed E-state index contributed by atoms with van der Waals surface area (Å²) in [4.78, 5) is 24.6. The first-order valence-electron chi connectivity index (χ1n) is 5.89. The largest absolute Gasteiger partial charge is 0.468 e. The maximum atomic E-state index is 11.5. The number of esters is 2. The highest BCUT2D eigenvalue weighted by Gasteiger charge is 2.21. The van der Waals surface area contributed by atoms with Crippen molar-refractivity contribution in [1.82, 2.24) is 4.90 Å². The van der Waals surface area contributed by atoms with Crippen molar-refractivity contribution in [3.8, 4) is 0 Å². The lowest BCUT2D eigenvalue weighted by Crippen LogP contribution is -2.41. The summed E-state index contributed by atoms with van der Waals surface area (Å²) >= 11 is 0. The van der Waals surface area contributed by atoms with E-state index in [-0.39, 0.29) is 30.4 Å². The summed E-state index contributed by atoms with van der Waals surface area (Å²) in [6, 6.07) is 0.172. The molecule has 0 aliphatic rings. The second kappa shape index (κ2) is 8.06. The van der Waals surface area contributed by atoms with Crippen LogP contribution in [0.3, 0.4) is 0 Å². The van der Waals surface area contributed by atoms with E-state index in [1.54, 1.807) is 13.8 Å². The highest BCUT2D eigenvalue weighted by atomic mass is 16.5. The van der Waals surface area contributed by atoms with Gasteiger partial charge in [-0.3, -0.25) is 14.5 Å². The van der Waals surface area contributed by atoms with Crippen molar-refractivity contribution in [2.45, 2.75) is 33.7 Å². The van der Waals surface area contributed by atoms with Crippen LogP contribution < -0.4 is 0 Å². The van der Waals surface area contributed by atoms with Crippen LogP contribution >= 0.6 is 0 Å². The molecule has 1 unspecified atom stereocenters. The maximum absolute atomic E-state index is 11.5. The van der Waals surface area contributed by atoms with Crippen LogP contribution in [0.4, 0.5) is 0 Å². The van der Waals surface area contributed by atoms with Gasteiger partial charge in [0, 0.05) is 12.6 Å². The van der Waals surface area contributed by atoms with Crippen LogP contribution in [0, 0.1) is 5.92 Å². The van der Waals surface area contributed by atoms with Crippen molar-refractivity contribution in [1.29, 1.82) is 0 Å². The molecule has 100 valence electrons. The molecule has 5 heteroatoms. The van der Waals surface area contributed by atoms with E-state index in [1.165, 1.54) is 7.11 Å². The molecule has 0 N–H and O–H groups in total. The van der Waals surface area contributed by atoms with Gasteiger partial charge >= 0.3 is 11.9 Å². The molecule has 0 spiro atoms. The summed E-state index contributed by atoms with van der Waals surface area (Å²) in [5.74, 6) is -0.778. The van der Waals surface area contributed by atoms with Gasteiger partial charge in [0.05, 0.1) is 26.2 Å². The molecule has 0 aliphatic heterocycles. The van der Waals surface area contributed by atoms with Crippen molar-refractivity contribution in [3.63, 3.8) is 0 Å². The zero-order valence-corrected chi connectivity index (χ0v) is 11.4. The Morgan fingerprint density at radius 2 is 1.82 bits per heavy atom. The minimum Gasteiger partial charge on any atom is -0.468 e. The van der Waals surface area contributed by atoms with E-state index in [0.29, 0.717) is 13.2 Å². The summed E-state index contributed by atoms with van der Waals surface area (Å²) in [6.07, 6.45) is 0. The first-order valence-corrected chi connectivity index (χ1v) is 5.89. The minimum atomic E-state index is -0.297. The number of methoxy groups -OCH3 is 1. The van der Waals surface area contributed by atoms with Crippen LogP contribution in [0.2, 0.25) is 0 Å². The number of nitrogens with zero attached hydrogens (tertiary/aromatic N) is 1. The molecular formula is C12H23NO4. The van der Waals surface area contributed by atoms with Crippen molar-refractivity contribution in [2.75, 3.05) is 26.8 Å². The van der Waals surface area contributed by atoms with Gasteiger partial charge in [0.2, 0.25) is 0 Å². The fraction of sp³-hybridized carbons (Fsp3) is 0.833. The van der Waals surface area contributed by atoms with Crippen molar-refractivity contribution in [3.05, 3.63) is 0 Å². The molecule has 0 aliphatic carbocycles. The summed E-state index contributed by atoms with van der Waals surface area (Å²) in [7, 11) is 1.36. The Balaban J connectivity index is 4.34. The van der Waals surface area contributed by atoms with E-state index in [2.05, 4.69) is 4.74 Å². The first kappa shape index (κ1) is 15.9. The third-order valence-corrected chi connectivity index (χ3v) is 2.49. The SMILES string of the molecule is CCOC(=O)C(C)CN(CC(=O)OC)C(C)C. The van der Waals surface area contributed by atoms with E-state index < -0.39 is 0 Å². The lowest BCUT2D eigenvalue weighted by Gasteiger charge is -2.27. The third kappa shape index (κ3) is 6.26. The van der Waals surface area contributed by atoms with Gasteiger partial charge in [0.15, 0.2) is 0 Å². The van der Waals surface area contributed by atoms with E-state index >= 15 is 0 Å². The van der Waals surface area contributed by atoms with Gasteiger partial charge in [-0.15, -0.1) is 0 Å². The van der Waals surface area contributed by atoms with Gasteiger partial charge in [0.25, 0.3) is 0 Å². The fourth-order valence-corrected chi connectivity index (χ4v) is 1.40. The van der Waals surface area contributed by atoms with Crippen LogP contribution in [0.5, 0.6) is 0 Å². The monoisotopic (exact) mass is 245 g/mol. The van der Waals surface area contributed by atoms with Crippen LogP contribution in [0.1, 0.15) is 27.7 Å². The summed E-state index contributed by atoms with van der Waals surface area (Å²) in [5, 5.41) is 0. The Morgan fingerprint density at radius 1 is 1.24 bits per heavy atom. The summed E-state index contributed by atoms with van der Waals surface area (Å²) in [6.45, 7) is 8.58. The lowest BCUT2D eigenvalue weighted by molar-refractivity contribution is -0.150. The van der Waals surface area contributed by atoms with E-state index in [1.807, 2.05) is 18.7 Å². The normalized spacial score (nSPS) is 12.6. The molecule has 0 bridgehead atoms. The Kier molecular flexibility index (Phi) is 7.54. The molecule has 0 radical (unpaired) electrons. The molecule has 0 aromatic carbocycles. The Morgan fingerprint density at radius 3 is 2.24 bits per heavy atom. The Labute approximate surface area is 103 Å². The van der Waals surface area contributed by atoms with Gasteiger partial charge in [0.1, 0.15) is 0 Å². The average molecular weight is 245 g/mol. The van der Waals surface area contributed by atoms with E-state index in [9.17, 15) is 9.59 Å². The maximum Gasteiger partial charge on any atom is 0.319 e. The average Bonchev–Trinajstić information content (AvgIpc) is 2.27. The topological polar surface area (TPSA) is 55.8 Å². The molecule has 17 heavy (non-hydrogen) atoms. The predicted octanol–water partition coefficient (Wildman–Crippen LogP) is 1.07. The standard InChI is InChI=1S/C12H23NO4/c1-6-17-12(15)10(4)7-13(9(2)3)8-11(14)16-5/h9-10H,6-8H2,1-5H3.